The number of nitriles is 1. The van der Waals surface area contributed by atoms with E-state index in [4.69, 9.17) is 9.68 Å². The third-order valence-electron chi connectivity index (χ3n) is 5.53. The topological polar surface area (TPSA) is 75.1 Å². The highest BCUT2D eigenvalue weighted by molar-refractivity contribution is 5.76. The fourth-order valence-electron chi connectivity index (χ4n) is 3.61. The fourth-order valence-corrected chi connectivity index (χ4v) is 3.61. The van der Waals surface area contributed by atoms with E-state index in [-0.39, 0.29) is 5.91 Å². The van der Waals surface area contributed by atoms with E-state index in [0.29, 0.717) is 44.2 Å². The molecule has 0 aromatic carbocycles. The van der Waals surface area contributed by atoms with Crippen molar-refractivity contribution in [1.82, 2.24) is 14.7 Å². The Morgan fingerprint density at radius 3 is 2.85 bits per heavy atom. The standard InChI is InChI=1S/C21H28N4O2/c1-14-12-19(14)20-8-6-17(27-20)13-24(4)21(26)9-7-18-15(2)23-25(16(18)3)11-5-10-22/h6,8,14,19H,5,7,9,11-13H2,1-4H3. The van der Waals surface area contributed by atoms with Gasteiger partial charge in [0.05, 0.1) is 31.3 Å². The normalized spacial score (nSPS) is 18.3. The molecule has 0 saturated heterocycles. The molecule has 2 heterocycles. The Morgan fingerprint density at radius 2 is 2.19 bits per heavy atom. The van der Waals surface area contributed by atoms with E-state index in [1.165, 1.54) is 6.42 Å². The molecule has 27 heavy (non-hydrogen) atoms. The van der Waals surface area contributed by atoms with Gasteiger partial charge in [-0.3, -0.25) is 9.48 Å². The van der Waals surface area contributed by atoms with Crippen LogP contribution in [0.25, 0.3) is 0 Å². The lowest BCUT2D eigenvalue weighted by Crippen LogP contribution is -2.26. The van der Waals surface area contributed by atoms with Crippen molar-refractivity contribution in [2.45, 2.75) is 65.5 Å². The van der Waals surface area contributed by atoms with Gasteiger partial charge in [0, 0.05) is 25.1 Å². The smallest absolute Gasteiger partial charge is 0.223 e. The molecule has 2 atom stereocenters. The second-order valence-corrected chi connectivity index (χ2v) is 7.65. The molecule has 1 saturated carbocycles. The predicted octanol–water partition coefficient (Wildman–Crippen LogP) is 3.72. The van der Waals surface area contributed by atoms with E-state index in [2.05, 4.69) is 18.1 Å². The molecular formula is C21H28N4O2. The van der Waals surface area contributed by atoms with Crippen LogP contribution in [0.5, 0.6) is 0 Å². The highest BCUT2D eigenvalue weighted by Crippen LogP contribution is 2.47. The molecule has 0 radical (unpaired) electrons. The van der Waals surface area contributed by atoms with Crippen LogP contribution >= 0.6 is 0 Å². The minimum atomic E-state index is 0.0938. The lowest BCUT2D eigenvalue weighted by Gasteiger charge is -2.16. The maximum atomic E-state index is 12.5. The van der Waals surface area contributed by atoms with Crippen molar-refractivity contribution >= 4 is 5.91 Å². The Bertz CT molecular complexity index is 858. The molecular weight excluding hydrogens is 340 g/mol. The lowest BCUT2D eigenvalue weighted by atomic mass is 10.1. The Morgan fingerprint density at radius 1 is 1.44 bits per heavy atom. The zero-order chi connectivity index (χ0) is 19.6. The van der Waals surface area contributed by atoms with Crippen LogP contribution in [0.3, 0.4) is 0 Å². The first kappa shape index (κ1) is 19.2. The van der Waals surface area contributed by atoms with Crippen molar-refractivity contribution < 1.29 is 9.21 Å². The number of amides is 1. The van der Waals surface area contributed by atoms with Crippen LogP contribution in [0.4, 0.5) is 0 Å². The second kappa shape index (κ2) is 7.99. The van der Waals surface area contributed by atoms with Crippen LogP contribution < -0.4 is 0 Å². The summed E-state index contributed by atoms with van der Waals surface area (Å²) in [4.78, 5) is 14.3. The number of furan rings is 1. The Balaban J connectivity index is 1.53. The lowest BCUT2D eigenvalue weighted by molar-refractivity contribution is -0.130. The van der Waals surface area contributed by atoms with Crippen LogP contribution in [0.1, 0.15) is 60.6 Å². The first-order valence-corrected chi connectivity index (χ1v) is 9.63. The third kappa shape index (κ3) is 4.41. The van der Waals surface area contributed by atoms with Crippen molar-refractivity contribution in [2.75, 3.05) is 7.05 Å². The minimum Gasteiger partial charge on any atom is -0.464 e. The van der Waals surface area contributed by atoms with Gasteiger partial charge in [0.2, 0.25) is 5.91 Å². The summed E-state index contributed by atoms with van der Waals surface area (Å²) >= 11 is 0. The number of nitrogens with zero attached hydrogens (tertiary/aromatic N) is 4. The van der Waals surface area contributed by atoms with Crippen molar-refractivity contribution in [3.8, 4) is 6.07 Å². The maximum Gasteiger partial charge on any atom is 0.223 e. The SMILES string of the molecule is Cc1nn(CCC#N)c(C)c1CCC(=O)N(C)Cc1ccc(C2CC2C)o1. The van der Waals surface area contributed by atoms with E-state index in [0.717, 1.165) is 28.5 Å². The summed E-state index contributed by atoms with van der Waals surface area (Å²) in [5.41, 5.74) is 3.10. The molecule has 1 amide bonds. The van der Waals surface area contributed by atoms with Crippen molar-refractivity contribution in [3.05, 3.63) is 40.6 Å². The van der Waals surface area contributed by atoms with Crippen LogP contribution in [0, 0.1) is 31.1 Å². The van der Waals surface area contributed by atoms with Gasteiger partial charge in [0.15, 0.2) is 0 Å². The number of rotatable bonds is 8. The van der Waals surface area contributed by atoms with Crippen LogP contribution in [-0.4, -0.2) is 27.6 Å². The zero-order valence-electron chi connectivity index (χ0n) is 16.7. The van der Waals surface area contributed by atoms with Crippen LogP contribution in [0.15, 0.2) is 16.5 Å². The molecule has 0 N–H and O–H groups in total. The number of carbonyl (C=O) groups is 1. The molecule has 0 aliphatic heterocycles. The zero-order valence-corrected chi connectivity index (χ0v) is 16.7. The summed E-state index contributed by atoms with van der Waals surface area (Å²) in [6.45, 7) is 7.29. The van der Waals surface area contributed by atoms with E-state index in [1.54, 1.807) is 4.90 Å². The van der Waals surface area contributed by atoms with Gasteiger partial charge in [-0.05, 0) is 50.3 Å². The summed E-state index contributed by atoms with van der Waals surface area (Å²) < 4.78 is 7.77. The second-order valence-electron chi connectivity index (χ2n) is 7.65. The molecule has 1 fully saturated rings. The van der Waals surface area contributed by atoms with Crippen molar-refractivity contribution in [1.29, 1.82) is 5.26 Å². The molecule has 2 aromatic rings. The Labute approximate surface area is 160 Å². The monoisotopic (exact) mass is 368 g/mol. The summed E-state index contributed by atoms with van der Waals surface area (Å²) in [7, 11) is 1.82. The molecule has 144 valence electrons. The number of carbonyl (C=O) groups excluding carboxylic acids is 1. The molecule has 6 nitrogen and oxygen atoms in total. The molecule has 6 heteroatoms. The van der Waals surface area contributed by atoms with Gasteiger partial charge >= 0.3 is 0 Å². The van der Waals surface area contributed by atoms with Crippen molar-refractivity contribution in [3.63, 3.8) is 0 Å². The van der Waals surface area contributed by atoms with Crippen molar-refractivity contribution in [2.24, 2.45) is 5.92 Å². The first-order valence-electron chi connectivity index (χ1n) is 9.63. The van der Waals surface area contributed by atoms with Gasteiger partial charge in [-0.15, -0.1) is 0 Å². The van der Waals surface area contributed by atoms with E-state index in [1.807, 2.05) is 37.7 Å². The Kier molecular flexibility index (Phi) is 5.69. The average molecular weight is 368 g/mol. The quantitative estimate of drug-likeness (QED) is 0.712. The number of aryl methyl sites for hydroxylation is 2. The molecule has 0 spiro atoms. The largest absolute Gasteiger partial charge is 0.464 e. The highest BCUT2D eigenvalue weighted by Gasteiger charge is 2.36. The maximum absolute atomic E-state index is 12.5. The molecule has 0 bridgehead atoms. The number of hydrogen-bond donors (Lipinski definition) is 0. The number of hydrogen-bond acceptors (Lipinski definition) is 4. The van der Waals surface area contributed by atoms with E-state index >= 15 is 0 Å². The highest BCUT2D eigenvalue weighted by atomic mass is 16.3. The van der Waals surface area contributed by atoms with Gasteiger partial charge in [-0.2, -0.15) is 10.4 Å². The molecule has 2 aromatic heterocycles. The Hall–Kier alpha value is -2.55. The summed E-state index contributed by atoms with van der Waals surface area (Å²) in [6, 6.07) is 6.17. The van der Waals surface area contributed by atoms with Crippen LogP contribution in [0.2, 0.25) is 0 Å². The average Bonchev–Trinajstić information content (AvgIpc) is 3.07. The molecule has 1 aliphatic rings. The minimum absolute atomic E-state index is 0.0938. The molecule has 3 rings (SSSR count). The fraction of sp³-hybridized carbons (Fsp3) is 0.571. The predicted molar refractivity (Wildman–Crippen MR) is 102 cm³/mol. The van der Waals surface area contributed by atoms with Gasteiger partial charge in [-0.25, -0.2) is 0 Å². The molecule has 1 aliphatic carbocycles. The summed E-state index contributed by atoms with van der Waals surface area (Å²) in [5.74, 6) is 3.26. The summed E-state index contributed by atoms with van der Waals surface area (Å²) in [6.07, 6.45) is 2.74. The third-order valence-corrected chi connectivity index (χ3v) is 5.53. The van der Waals surface area contributed by atoms with Gasteiger partial charge in [-0.1, -0.05) is 6.92 Å². The van der Waals surface area contributed by atoms with Gasteiger partial charge in [0.1, 0.15) is 11.5 Å². The van der Waals surface area contributed by atoms with E-state index < -0.39 is 0 Å². The first-order chi connectivity index (χ1) is 12.9. The molecule has 2 unspecified atom stereocenters. The summed E-state index contributed by atoms with van der Waals surface area (Å²) in [5, 5.41) is 13.2. The van der Waals surface area contributed by atoms with E-state index in [9.17, 15) is 4.79 Å². The van der Waals surface area contributed by atoms with Crippen LogP contribution in [-0.2, 0) is 24.3 Å². The van der Waals surface area contributed by atoms with Gasteiger partial charge in [0.25, 0.3) is 0 Å². The number of aromatic nitrogens is 2. The van der Waals surface area contributed by atoms with Gasteiger partial charge < -0.3 is 9.32 Å².